The molecule has 11 nitrogen and oxygen atoms in total. The molecule has 2 saturated heterocycles. The van der Waals surface area contributed by atoms with Gasteiger partial charge in [-0.15, -0.1) is 51.4 Å². The van der Waals surface area contributed by atoms with Gasteiger partial charge in [0.1, 0.15) is 102 Å². The van der Waals surface area contributed by atoms with Crippen molar-refractivity contribution < 1.29 is 52.1 Å². The Morgan fingerprint density at radius 3 is 0.936 bits per heavy atom. The first-order valence-electron chi connectivity index (χ1n) is 14.3. The van der Waals surface area contributed by atoms with E-state index in [2.05, 4.69) is 47.4 Å². The van der Waals surface area contributed by atoms with Crippen LogP contribution in [-0.2, 0) is 52.1 Å². The minimum Gasteiger partial charge on any atom is -0.366 e. The molecule has 2 rings (SSSR count). The zero-order valence-corrected chi connectivity index (χ0v) is 26.0. The molecule has 0 bridgehead atoms. The van der Waals surface area contributed by atoms with Gasteiger partial charge in [0, 0.05) is 0 Å². The zero-order valence-electron chi connectivity index (χ0n) is 26.0. The van der Waals surface area contributed by atoms with Crippen molar-refractivity contribution >= 4 is 0 Å². The van der Waals surface area contributed by atoms with Crippen LogP contribution >= 0.6 is 0 Å². The molecule has 0 amide bonds. The highest BCUT2D eigenvalue weighted by Crippen LogP contribution is 2.34. The molecule has 248 valence electrons. The largest absolute Gasteiger partial charge is 0.366 e. The van der Waals surface area contributed by atoms with E-state index in [9.17, 15) is 0 Å². The lowest BCUT2D eigenvalue weighted by Gasteiger charge is -2.49. The Hall–Kier alpha value is -3.96. The highest BCUT2D eigenvalue weighted by atomic mass is 16.8. The Labute approximate surface area is 278 Å². The van der Waals surface area contributed by atoms with E-state index in [4.69, 9.17) is 103 Å². The average Bonchev–Trinajstić information content (AvgIpc) is 3.08. The summed E-state index contributed by atoms with van der Waals surface area (Å²) in [5, 5.41) is 0. The fourth-order valence-electron chi connectivity index (χ4n) is 4.85. The lowest BCUT2D eigenvalue weighted by atomic mass is 9.97. The van der Waals surface area contributed by atoms with Gasteiger partial charge >= 0.3 is 0 Å². The molecule has 0 aromatic rings. The van der Waals surface area contributed by atoms with Crippen LogP contribution in [0, 0.1) is 98.8 Å². The summed E-state index contributed by atoms with van der Waals surface area (Å²) in [6.07, 6.45) is 34.0. The SMILES string of the molecule is C#CCOCC1O[C@H](O[C@H]2OC(COCC#C)[C@H](OCC#C)[C@H](OCC#C)C2OCC#C)[C@@H](OCC#C)C(OCC#C)[C@H]1OCC#C. The highest BCUT2D eigenvalue weighted by Gasteiger charge is 2.54. The summed E-state index contributed by atoms with van der Waals surface area (Å²) in [6.45, 7) is -0.876. The summed E-state index contributed by atoms with van der Waals surface area (Å²) in [5.41, 5.74) is 0. The minimum absolute atomic E-state index is 0.0134. The number of terminal acetylenes is 8. The van der Waals surface area contributed by atoms with Crippen molar-refractivity contribution in [3.8, 4) is 98.8 Å². The van der Waals surface area contributed by atoms with Crippen LogP contribution in [0.4, 0.5) is 0 Å². The van der Waals surface area contributed by atoms with Gasteiger partial charge in [0.05, 0.1) is 13.2 Å². The van der Waals surface area contributed by atoms with E-state index in [1.807, 2.05) is 0 Å². The van der Waals surface area contributed by atoms with E-state index in [1.165, 1.54) is 0 Å². The van der Waals surface area contributed by atoms with Crippen LogP contribution in [-0.4, -0.2) is 127 Å². The van der Waals surface area contributed by atoms with Crippen LogP contribution in [0.1, 0.15) is 0 Å². The summed E-state index contributed by atoms with van der Waals surface area (Å²) in [6, 6.07) is 0. The molecule has 11 heteroatoms. The molecule has 0 saturated carbocycles. The summed E-state index contributed by atoms with van der Waals surface area (Å²) in [4.78, 5) is 0. The number of rotatable bonds is 20. The monoisotopic (exact) mass is 646 g/mol. The third-order valence-corrected chi connectivity index (χ3v) is 6.54. The first kappa shape index (κ1) is 39.2. The maximum absolute atomic E-state index is 6.47. The summed E-state index contributed by atoms with van der Waals surface area (Å²) in [5.74, 6) is 19.4. The second-order valence-electron chi connectivity index (χ2n) is 9.54. The molecule has 0 aromatic heterocycles. The molecule has 4 unspecified atom stereocenters. The molecule has 2 aliphatic heterocycles. The molecule has 0 N–H and O–H groups in total. The van der Waals surface area contributed by atoms with E-state index >= 15 is 0 Å². The predicted molar refractivity (Wildman–Crippen MR) is 169 cm³/mol. The molecule has 2 fully saturated rings. The molecule has 2 heterocycles. The van der Waals surface area contributed by atoms with Gasteiger partial charge in [-0.25, -0.2) is 0 Å². The number of ether oxygens (including phenoxy) is 11. The third-order valence-electron chi connectivity index (χ3n) is 6.54. The Balaban J connectivity index is 2.59. The van der Waals surface area contributed by atoms with Gasteiger partial charge in [-0.05, 0) is 0 Å². The maximum Gasteiger partial charge on any atom is 0.190 e. The first-order valence-corrected chi connectivity index (χ1v) is 14.3. The van der Waals surface area contributed by atoms with E-state index in [0.29, 0.717) is 0 Å². The predicted octanol–water partition coefficient (Wildman–Crippen LogP) is -0.137. The van der Waals surface area contributed by atoms with Gasteiger partial charge < -0.3 is 52.1 Å². The normalized spacial score (nSPS) is 29.7. The molecule has 0 aromatic carbocycles. The maximum atomic E-state index is 6.47. The minimum atomic E-state index is -1.26. The van der Waals surface area contributed by atoms with Crippen LogP contribution in [0.2, 0.25) is 0 Å². The van der Waals surface area contributed by atoms with Crippen molar-refractivity contribution in [1.29, 1.82) is 0 Å². The van der Waals surface area contributed by atoms with Gasteiger partial charge in [-0.3, -0.25) is 0 Å². The van der Waals surface area contributed by atoms with Crippen LogP contribution in [0.3, 0.4) is 0 Å². The van der Waals surface area contributed by atoms with Gasteiger partial charge in [-0.1, -0.05) is 47.4 Å². The molecular formula is C36H38O11. The van der Waals surface area contributed by atoms with Crippen molar-refractivity contribution in [2.45, 2.75) is 61.4 Å². The topological polar surface area (TPSA) is 102 Å². The molecule has 47 heavy (non-hydrogen) atoms. The van der Waals surface area contributed by atoms with Crippen LogP contribution in [0.15, 0.2) is 0 Å². The molecule has 0 aliphatic carbocycles. The van der Waals surface area contributed by atoms with Gasteiger partial charge in [-0.2, -0.15) is 0 Å². The van der Waals surface area contributed by atoms with Crippen LogP contribution in [0.25, 0.3) is 0 Å². The zero-order chi connectivity index (χ0) is 34.3. The summed E-state index contributed by atoms with van der Waals surface area (Å²) < 4.78 is 66.3. The summed E-state index contributed by atoms with van der Waals surface area (Å²) >= 11 is 0. The molecule has 2 aliphatic rings. The van der Waals surface area contributed by atoms with E-state index in [-0.39, 0.29) is 66.1 Å². The Morgan fingerprint density at radius 2 is 0.638 bits per heavy atom. The fourth-order valence-corrected chi connectivity index (χ4v) is 4.85. The fraction of sp³-hybridized carbons (Fsp3) is 0.556. The Kier molecular flexibility index (Phi) is 19.5. The highest BCUT2D eigenvalue weighted by molar-refractivity contribution is 5.01. The standard InChI is InChI=1S/C36H38O11/c1-9-17-37-25-27-29(39-19-11-3)31(41-21-13-5)33(43-23-15-7)35(45-27)47-36-34(44-24-16-8)32(42-22-14-6)30(40-20-12-4)28(46-36)26-38-18-10-2/h1-8,27-36H,17-26H2/t27?,28?,29-,30-,31-,32?,33?,34-,35+,36+/m0/s1. The van der Waals surface area contributed by atoms with E-state index in [0.717, 1.165) is 0 Å². The lowest BCUT2D eigenvalue weighted by molar-refractivity contribution is -0.388. The Morgan fingerprint density at radius 1 is 0.362 bits per heavy atom. The second kappa shape index (κ2) is 23.4. The van der Waals surface area contributed by atoms with Crippen LogP contribution < -0.4 is 0 Å². The number of hydrogen-bond donors (Lipinski definition) is 0. The molecule has 0 radical (unpaired) electrons. The summed E-state index contributed by atoms with van der Waals surface area (Å²) in [7, 11) is 0. The van der Waals surface area contributed by atoms with E-state index in [1.54, 1.807) is 0 Å². The third kappa shape index (κ3) is 12.3. The second-order valence-corrected chi connectivity index (χ2v) is 9.54. The van der Waals surface area contributed by atoms with Crippen LogP contribution in [0.5, 0.6) is 0 Å². The van der Waals surface area contributed by atoms with Crippen molar-refractivity contribution in [2.24, 2.45) is 0 Å². The van der Waals surface area contributed by atoms with E-state index < -0.39 is 61.4 Å². The first-order chi connectivity index (χ1) is 23.0. The Bertz CT molecular complexity index is 1180. The quantitative estimate of drug-likeness (QED) is 0.131. The van der Waals surface area contributed by atoms with Crippen molar-refractivity contribution in [3.63, 3.8) is 0 Å². The smallest absolute Gasteiger partial charge is 0.190 e. The van der Waals surface area contributed by atoms with Crippen molar-refractivity contribution in [1.82, 2.24) is 0 Å². The lowest BCUT2D eigenvalue weighted by Crippen LogP contribution is -2.66. The molecular weight excluding hydrogens is 608 g/mol. The average molecular weight is 647 g/mol. The van der Waals surface area contributed by atoms with Gasteiger partial charge in [0.25, 0.3) is 0 Å². The van der Waals surface area contributed by atoms with Crippen molar-refractivity contribution in [2.75, 3.05) is 66.1 Å². The van der Waals surface area contributed by atoms with Gasteiger partial charge in [0.2, 0.25) is 0 Å². The molecule has 0 spiro atoms. The van der Waals surface area contributed by atoms with Gasteiger partial charge in [0.15, 0.2) is 12.6 Å². The van der Waals surface area contributed by atoms with Crippen molar-refractivity contribution in [3.05, 3.63) is 0 Å². The number of hydrogen-bond acceptors (Lipinski definition) is 11. The molecule has 10 atom stereocenters.